The van der Waals surface area contributed by atoms with Crippen LogP contribution in [0.4, 0.5) is 0 Å². The molecule has 0 radical (unpaired) electrons. The van der Waals surface area contributed by atoms with Crippen LogP contribution >= 0.6 is 0 Å². The van der Waals surface area contributed by atoms with E-state index in [1.807, 2.05) is 12.1 Å². The zero-order valence-electron chi connectivity index (χ0n) is 15.4. The van der Waals surface area contributed by atoms with Gasteiger partial charge in [-0.3, -0.25) is 0 Å². The monoisotopic (exact) mass is 335 g/mol. The quantitative estimate of drug-likeness (QED) is 0.845. The molecule has 2 nitrogen and oxygen atoms in total. The topological polar surface area (TPSA) is 23.5 Å². The number of rotatable bonds is 6. The Bertz CT molecular complexity index is 693. The molecule has 3 rings (SSSR count). The predicted molar refractivity (Wildman–Crippen MR) is 105 cm³/mol. The molecule has 2 aromatic carbocycles. The van der Waals surface area contributed by atoms with Crippen LogP contribution in [0.15, 0.2) is 66.2 Å². The minimum Gasteiger partial charge on any atom is -0.385 e. The summed E-state index contributed by atoms with van der Waals surface area (Å²) in [6.45, 7) is 0.928. The van der Waals surface area contributed by atoms with E-state index in [1.54, 1.807) is 0 Å². The zero-order valence-corrected chi connectivity index (χ0v) is 15.4. The van der Waals surface area contributed by atoms with Gasteiger partial charge < -0.3 is 10.0 Å². The van der Waals surface area contributed by atoms with Crippen molar-refractivity contribution >= 4 is 6.08 Å². The minimum atomic E-state index is -0.712. The van der Waals surface area contributed by atoms with Crippen LogP contribution in [-0.2, 0) is 6.42 Å². The van der Waals surface area contributed by atoms with Crippen LogP contribution in [0.3, 0.4) is 0 Å². The van der Waals surface area contributed by atoms with Crippen LogP contribution < -0.4 is 0 Å². The van der Waals surface area contributed by atoms with E-state index in [-0.39, 0.29) is 0 Å². The Morgan fingerprint density at radius 2 is 1.68 bits per heavy atom. The van der Waals surface area contributed by atoms with E-state index in [9.17, 15) is 5.11 Å². The summed E-state index contributed by atoms with van der Waals surface area (Å²) in [5.74, 6) is 0.293. The van der Waals surface area contributed by atoms with E-state index in [0.717, 1.165) is 32.2 Å². The van der Waals surface area contributed by atoms with Crippen LogP contribution in [0.2, 0.25) is 0 Å². The lowest BCUT2D eigenvalue weighted by Gasteiger charge is -2.33. The third-order valence-corrected chi connectivity index (χ3v) is 5.36. The molecule has 0 aromatic heterocycles. The first kappa shape index (κ1) is 17.9. The number of aryl methyl sites for hydroxylation is 1. The Morgan fingerprint density at radius 3 is 2.32 bits per heavy atom. The summed E-state index contributed by atoms with van der Waals surface area (Å²) in [5.41, 5.74) is 2.96. The third kappa shape index (κ3) is 4.39. The summed E-state index contributed by atoms with van der Waals surface area (Å²) in [7, 11) is 4.19. The number of aliphatic hydroxyl groups is 1. The smallest absolute Gasteiger partial charge is 0.0903 e. The molecular formula is C23H29NO. The average molecular weight is 335 g/mol. The molecule has 1 N–H and O–H groups in total. The highest BCUT2D eigenvalue weighted by molar-refractivity contribution is 5.56. The fraction of sp³-hybridized carbons (Fsp3) is 0.391. The first-order chi connectivity index (χ1) is 12.1. The van der Waals surface area contributed by atoms with Gasteiger partial charge in [-0.2, -0.15) is 0 Å². The van der Waals surface area contributed by atoms with Gasteiger partial charge in [0, 0.05) is 12.5 Å². The molecule has 0 aliphatic heterocycles. The molecule has 2 unspecified atom stereocenters. The lowest BCUT2D eigenvalue weighted by molar-refractivity contribution is 0.0179. The molecule has 0 heterocycles. The number of benzene rings is 2. The second-order valence-corrected chi connectivity index (χ2v) is 7.49. The molecule has 2 aromatic rings. The van der Waals surface area contributed by atoms with Crippen molar-refractivity contribution in [3.63, 3.8) is 0 Å². The van der Waals surface area contributed by atoms with Crippen molar-refractivity contribution < 1.29 is 5.11 Å². The fourth-order valence-electron chi connectivity index (χ4n) is 4.02. The Kier molecular flexibility index (Phi) is 5.72. The molecular weight excluding hydrogens is 306 g/mol. The van der Waals surface area contributed by atoms with Gasteiger partial charge in [0.05, 0.1) is 5.60 Å². The standard InChI is InChI=1S/C23H29NO/c1-24(2)18-22-14-13-21(17-20-11-7-4-8-12-20)23(22,25)16-15-19-9-5-3-6-10-19/h3-12,17,22,25H,13-16,18H2,1-2H3. The van der Waals surface area contributed by atoms with Crippen LogP contribution in [-0.4, -0.2) is 36.2 Å². The van der Waals surface area contributed by atoms with Crippen molar-refractivity contribution in [2.75, 3.05) is 20.6 Å². The van der Waals surface area contributed by atoms with E-state index in [0.29, 0.717) is 5.92 Å². The van der Waals surface area contributed by atoms with E-state index < -0.39 is 5.60 Å². The number of hydrogen-bond acceptors (Lipinski definition) is 2. The lowest BCUT2D eigenvalue weighted by atomic mass is 9.81. The molecule has 0 spiro atoms. The maximum absolute atomic E-state index is 11.7. The van der Waals surface area contributed by atoms with Crippen molar-refractivity contribution in [1.82, 2.24) is 4.90 Å². The molecule has 1 saturated carbocycles. The normalized spacial score (nSPS) is 25.0. The Balaban J connectivity index is 1.85. The van der Waals surface area contributed by atoms with Crippen molar-refractivity contribution in [2.45, 2.75) is 31.3 Å². The Hall–Kier alpha value is -1.90. The first-order valence-electron chi connectivity index (χ1n) is 9.25. The second kappa shape index (κ2) is 7.99. The summed E-state index contributed by atoms with van der Waals surface area (Å²) in [4.78, 5) is 2.20. The van der Waals surface area contributed by atoms with Gasteiger partial charge in [0.2, 0.25) is 0 Å². The SMILES string of the molecule is CN(C)CC1CCC(=Cc2ccccc2)C1(O)CCc1ccccc1. The maximum atomic E-state index is 11.7. The van der Waals surface area contributed by atoms with Gasteiger partial charge >= 0.3 is 0 Å². The van der Waals surface area contributed by atoms with Gasteiger partial charge in [0.1, 0.15) is 0 Å². The summed E-state index contributed by atoms with van der Waals surface area (Å²) in [6.07, 6.45) is 5.95. The fourth-order valence-corrected chi connectivity index (χ4v) is 4.02. The molecule has 25 heavy (non-hydrogen) atoms. The van der Waals surface area contributed by atoms with E-state index in [1.165, 1.54) is 16.7 Å². The molecule has 1 fully saturated rings. The van der Waals surface area contributed by atoms with Gasteiger partial charge in [-0.25, -0.2) is 0 Å². The largest absolute Gasteiger partial charge is 0.385 e. The van der Waals surface area contributed by atoms with Crippen molar-refractivity contribution in [3.05, 3.63) is 77.4 Å². The summed E-state index contributed by atoms with van der Waals surface area (Å²) in [5, 5.41) is 11.7. The molecule has 0 saturated heterocycles. The van der Waals surface area contributed by atoms with Crippen molar-refractivity contribution in [3.8, 4) is 0 Å². The van der Waals surface area contributed by atoms with Gasteiger partial charge in [-0.15, -0.1) is 0 Å². The highest BCUT2D eigenvalue weighted by atomic mass is 16.3. The van der Waals surface area contributed by atoms with Gasteiger partial charge in [0.15, 0.2) is 0 Å². The zero-order chi connectivity index (χ0) is 17.7. The third-order valence-electron chi connectivity index (χ3n) is 5.36. The van der Waals surface area contributed by atoms with Gasteiger partial charge in [-0.1, -0.05) is 66.7 Å². The van der Waals surface area contributed by atoms with E-state index in [4.69, 9.17) is 0 Å². The van der Waals surface area contributed by atoms with Crippen LogP contribution in [0, 0.1) is 5.92 Å². The molecule has 1 aliphatic rings. The van der Waals surface area contributed by atoms with E-state index in [2.05, 4.69) is 73.6 Å². The van der Waals surface area contributed by atoms with E-state index >= 15 is 0 Å². The molecule has 132 valence electrons. The summed E-state index contributed by atoms with van der Waals surface area (Å²) >= 11 is 0. The molecule has 2 atom stereocenters. The van der Waals surface area contributed by atoms with Crippen LogP contribution in [0.1, 0.15) is 30.4 Å². The summed E-state index contributed by atoms with van der Waals surface area (Å²) < 4.78 is 0. The second-order valence-electron chi connectivity index (χ2n) is 7.49. The van der Waals surface area contributed by atoms with Crippen LogP contribution in [0.5, 0.6) is 0 Å². The lowest BCUT2D eigenvalue weighted by Crippen LogP contribution is -2.40. The highest BCUT2D eigenvalue weighted by Crippen LogP contribution is 2.44. The Morgan fingerprint density at radius 1 is 1.04 bits per heavy atom. The highest BCUT2D eigenvalue weighted by Gasteiger charge is 2.44. The van der Waals surface area contributed by atoms with Gasteiger partial charge in [-0.05, 0) is 56.5 Å². The number of nitrogens with zero attached hydrogens (tertiary/aromatic N) is 1. The molecule has 2 heteroatoms. The molecule has 1 aliphatic carbocycles. The van der Waals surface area contributed by atoms with Gasteiger partial charge in [0.25, 0.3) is 0 Å². The Labute approximate surface area is 151 Å². The van der Waals surface area contributed by atoms with Crippen molar-refractivity contribution in [1.29, 1.82) is 0 Å². The summed E-state index contributed by atoms with van der Waals surface area (Å²) in [6, 6.07) is 20.9. The van der Waals surface area contributed by atoms with Crippen molar-refractivity contribution in [2.24, 2.45) is 5.92 Å². The average Bonchev–Trinajstić information content (AvgIpc) is 2.91. The molecule has 0 amide bonds. The predicted octanol–water partition coefficient (Wildman–Crippen LogP) is 4.41. The maximum Gasteiger partial charge on any atom is 0.0903 e. The number of hydrogen-bond donors (Lipinski definition) is 1. The first-order valence-corrected chi connectivity index (χ1v) is 9.25. The molecule has 0 bridgehead atoms. The minimum absolute atomic E-state index is 0.293. The van der Waals surface area contributed by atoms with Crippen LogP contribution in [0.25, 0.3) is 6.08 Å².